The third kappa shape index (κ3) is 8.55. The maximum Gasteiger partial charge on any atom is 0.292 e. The first-order valence-electron chi connectivity index (χ1n) is 18.7. The molecule has 0 saturated heterocycles. The van der Waals surface area contributed by atoms with Crippen molar-refractivity contribution in [3.8, 4) is 23.0 Å². The number of sulfonamides is 1. The minimum absolute atomic E-state index is 0.0607. The van der Waals surface area contributed by atoms with Crippen molar-refractivity contribution >= 4 is 44.3 Å². The molecule has 0 unspecified atom stereocenters. The summed E-state index contributed by atoms with van der Waals surface area (Å²) in [4.78, 5) is 23.2. The van der Waals surface area contributed by atoms with E-state index in [4.69, 9.17) is 16.6 Å². The Labute approximate surface area is 351 Å². The van der Waals surface area contributed by atoms with Gasteiger partial charge in [0, 0.05) is 48.1 Å². The molecule has 6 aromatic rings. The summed E-state index contributed by atoms with van der Waals surface area (Å²) >= 11 is 6.64. The van der Waals surface area contributed by atoms with Crippen LogP contribution < -0.4 is 10.0 Å². The van der Waals surface area contributed by atoms with Crippen molar-refractivity contribution < 1.29 is 39.6 Å². The quantitative estimate of drug-likeness (QED) is 0.100. The number of alkyl halides is 4. The van der Waals surface area contributed by atoms with Crippen molar-refractivity contribution in [1.29, 1.82) is 0 Å². The molecule has 0 radical (unpaired) electrons. The number of halogens is 7. The highest BCUT2D eigenvalue weighted by atomic mass is 35.5. The number of rotatable bonds is 11. The Bertz CT molecular complexity index is 2880. The number of carbonyl (C=O) groups is 1. The Kier molecular flexibility index (Phi) is 11.2. The number of anilines is 1. The summed E-state index contributed by atoms with van der Waals surface area (Å²) < 4.78 is 119. The largest absolute Gasteiger partial charge is 0.346 e. The molecule has 1 amide bonds. The number of hydrogen-bond acceptors (Lipinski definition) is 7. The number of nitrogens with one attached hydrogen (secondary N) is 2. The van der Waals surface area contributed by atoms with Gasteiger partial charge in [0.15, 0.2) is 5.82 Å². The lowest BCUT2D eigenvalue weighted by atomic mass is 9.93. The monoisotopic (exact) mass is 885 g/mol. The number of benzene rings is 2. The molecule has 2 atom stereocenters. The second-order valence-electron chi connectivity index (χ2n) is 15.4. The average Bonchev–Trinajstić information content (AvgIpc) is 3.89. The number of pyridine rings is 1. The zero-order chi connectivity index (χ0) is 44.3. The molecule has 0 aliphatic heterocycles. The summed E-state index contributed by atoms with van der Waals surface area (Å²) in [6.07, 6.45) is 0.441. The Morgan fingerprint density at radius 2 is 1.75 bits per heavy atom. The van der Waals surface area contributed by atoms with E-state index in [-0.39, 0.29) is 51.6 Å². The molecule has 4 heterocycles. The lowest BCUT2D eigenvalue weighted by Gasteiger charge is -2.23. The van der Waals surface area contributed by atoms with Crippen LogP contribution in [0, 0.1) is 36.3 Å². The summed E-state index contributed by atoms with van der Waals surface area (Å²) in [5, 5.41) is 11.2. The first kappa shape index (κ1) is 43.2. The fourth-order valence-corrected chi connectivity index (χ4v) is 8.47. The van der Waals surface area contributed by atoms with Gasteiger partial charge in [0.1, 0.15) is 46.6 Å². The van der Waals surface area contributed by atoms with Crippen LogP contribution in [0.5, 0.6) is 0 Å². The normalized spacial score (nSPS) is 15.5. The van der Waals surface area contributed by atoms with Gasteiger partial charge in [-0.1, -0.05) is 30.5 Å². The number of imidazole rings is 1. The van der Waals surface area contributed by atoms with Gasteiger partial charge in [0.05, 0.1) is 33.9 Å². The van der Waals surface area contributed by atoms with Crippen LogP contribution in [-0.4, -0.2) is 54.7 Å². The van der Waals surface area contributed by atoms with E-state index in [2.05, 4.69) is 37.1 Å². The summed E-state index contributed by atoms with van der Waals surface area (Å²) in [7, 11) is -2.29. The molecule has 2 N–H and O–H groups in total. The van der Waals surface area contributed by atoms with E-state index >= 15 is 8.78 Å². The lowest BCUT2D eigenvalue weighted by molar-refractivity contribution is -0.123. The third-order valence-electron chi connectivity index (χ3n) is 10.4. The van der Waals surface area contributed by atoms with Crippen molar-refractivity contribution in [3.63, 3.8) is 0 Å². The fraction of sp³-hybridized carbons (Fsp3) is 0.341. The van der Waals surface area contributed by atoms with Crippen molar-refractivity contribution in [2.24, 2.45) is 13.0 Å². The summed E-state index contributed by atoms with van der Waals surface area (Å²) in [5.74, 6) is -0.867. The number of aryl methyl sites for hydroxylation is 2. The second-order valence-corrected chi connectivity index (χ2v) is 17.6. The molecule has 1 aliphatic rings. The number of hydrogen-bond donors (Lipinski definition) is 2. The first-order chi connectivity index (χ1) is 28.5. The van der Waals surface area contributed by atoms with Crippen LogP contribution in [0.3, 0.4) is 0 Å². The Morgan fingerprint density at radius 3 is 2.39 bits per heavy atom. The number of nitrogens with zero attached hydrogens (tertiary/aromatic N) is 7. The molecule has 0 spiro atoms. The molecule has 4 aromatic heterocycles. The molecular weight excluding hydrogens is 848 g/mol. The van der Waals surface area contributed by atoms with Crippen LogP contribution in [0.1, 0.15) is 73.0 Å². The number of fused-ring (bicyclic) bond motifs is 2. The van der Waals surface area contributed by atoms with E-state index < -0.39 is 75.3 Å². The smallest absolute Gasteiger partial charge is 0.292 e. The van der Waals surface area contributed by atoms with Crippen molar-refractivity contribution in [2.45, 2.75) is 71.0 Å². The molecule has 2 aromatic carbocycles. The van der Waals surface area contributed by atoms with Crippen LogP contribution >= 0.6 is 11.6 Å². The number of carbonyl (C=O) groups excluding carboxylic acids is 1. The van der Waals surface area contributed by atoms with Crippen molar-refractivity contribution in [2.75, 3.05) is 11.0 Å². The Hall–Kier alpha value is -5.87. The topological polar surface area (TPSA) is 142 Å². The van der Waals surface area contributed by atoms with Crippen LogP contribution in [0.15, 0.2) is 54.9 Å². The summed E-state index contributed by atoms with van der Waals surface area (Å²) in [5.41, 5.74) is -1.46. The maximum atomic E-state index is 15.5. The first-order valence-corrected chi connectivity index (χ1v) is 21.0. The standard InChI is InChI=1S/C41H38ClF6N9O3S/c1-21-15-29-35(38(45)46)52-57(37(29)41(21,47)48)20-32(58)51-31(18-23-16-24(43)19-25(44)17-23)34-27(8-7-26(50-34)11-12-40(3,4)56-14-13-49-22(56)2)28-9-10-30(42)33-36(28)55(5)53-39(33)54-61(6,59)60/h7-10,13-14,16-17,19,21,31,38H,15,18,20H2,1-6H3,(H,51,58)(H,53,54)/t21-,31+/m1/s1. The van der Waals surface area contributed by atoms with Gasteiger partial charge in [-0.3, -0.25) is 18.9 Å². The van der Waals surface area contributed by atoms with Crippen LogP contribution in [0.4, 0.5) is 32.2 Å². The second kappa shape index (κ2) is 15.9. The van der Waals surface area contributed by atoms with Crippen LogP contribution in [0.2, 0.25) is 5.02 Å². The SMILES string of the molecule is Cc1nccn1C(C)(C)C#Cc1ccc(-c2ccc(Cl)c3c(NS(C)(=O)=O)nn(C)c23)c([C@H](Cc2cc(F)cc(F)c2)NC(=O)Cn2nc(C(F)F)c3c2C(F)(F)[C@H](C)C3)n1. The van der Waals surface area contributed by atoms with Crippen molar-refractivity contribution in [3.05, 3.63) is 111 Å². The van der Waals surface area contributed by atoms with Gasteiger partial charge in [-0.05, 0) is 75.4 Å². The molecule has 0 saturated carbocycles. The fourth-order valence-electron chi connectivity index (χ4n) is 7.73. The van der Waals surface area contributed by atoms with Crippen molar-refractivity contribution in [1.82, 2.24) is 39.4 Å². The van der Waals surface area contributed by atoms with Gasteiger partial charge in [-0.15, -0.1) is 0 Å². The highest BCUT2D eigenvalue weighted by molar-refractivity contribution is 7.92. The molecule has 12 nitrogen and oxygen atoms in total. The third-order valence-corrected chi connectivity index (χ3v) is 11.3. The molecule has 7 rings (SSSR count). The highest BCUT2D eigenvalue weighted by Gasteiger charge is 2.51. The molecule has 20 heteroatoms. The minimum Gasteiger partial charge on any atom is -0.346 e. The van der Waals surface area contributed by atoms with E-state index in [0.717, 1.165) is 18.4 Å². The Balaban J connectivity index is 1.41. The van der Waals surface area contributed by atoms with E-state index in [1.807, 2.05) is 25.3 Å². The predicted molar refractivity (Wildman–Crippen MR) is 215 cm³/mol. The summed E-state index contributed by atoms with van der Waals surface area (Å²) in [6, 6.07) is 7.78. The maximum absolute atomic E-state index is 15.5. The lowest BCUT2D eigenvalue weighted by Crippen LogP contribution is -2.35. The Morgan fingerprint density at radius 1 is 1.07 bits per heavy atom. The minimum atomic E-state index is -3.84. The zero-order valence-corrected chi connectivity index (χ0v) is 35.0. The molecule has 0 bridgehead atoms. The molecule has 1 aliphatic carbocycles. The molecule has 0 fully saturated rings. The van der Waals surface area contributed by atoms with E-state index in [9.17, 15) is 30.8 Å². The highest BCUT2D eigenvalue weighted by Crippen LogP contribution is 2.48. The number of amides is 1. The van der Waals surface area contributed by atoms with Crippen LogP contribution in [0.25, 0.3) is 22.0 Å². The molecular formula is C41H38ClF6N9O3S. The van der Waals surface area contributed by atoms with Gasteiger partial charge >= 0.3 is 0 Å². The predicted octanol–water partition coefficient (Wildman–Crippen LogP) is 7.75. The van der Waals surface area contributed by atoms with E-state index in [1.54, 1.807) is 37.6 Å². The van der Waals surface area contributed by atoms with E-state index in [1.165, 1.54) is 17.7 Å². The zero-order valence-electron chi connectivity index (χ0n) is 33.5. The van der Waals surface area contributed by atoms with Gasteiger partial charge in [0.2, 0.25) is 15.9 Å². The van der Waals surface area contributed by atoms with Gasteiger partial charge in [-0.2, -0.15) is 19.0 Å². The average molecular weight is 886 g/mol. The van der Waals surface area contributed by atoms with Gasteiger partial charge in [-0.25, -0.2) is 35.9 Å². The summed E-state index contributed by atoms with van der Waals surface area (Å²) in [6.45, 7) is 5.82. The molecule has 320 valence electrons. The van der Waals surface area contributed by atoms with Crippen LogP contribution in [-0.2, 0) is 52.7 Å². The van der Waals surface area contributed by atoms with Gasteiger partial charge < -0.3 is 9.88 Å². The van der Waals surface area contributed by atoms with Gasteiger partial charge in [0.25, 0.3) is 12.3 Å². The molecule has 61 heavy (non-hydrogen) atoms. The number of aromatic nitrogens is 7. The van der Waals surface area contributed by atoms with E-state index in [0.29, 0.717) is 33.2 Å².